The van der Waals surface area contributed by atoms with Crippen molar-refractivity contribution < 1.29 is 23.7 Å². The highest BCUT2D eigenvalue weighted by atomic mass is 16.5. The minimum Gasteiger partial charge on any atom is -0.493 e. The Morgan fingerprint density at radius 2 is 1.71 bits per heavy atom. The van der Waals surface area contributed by atoms with Crippen LogP contribution < -0.4 is 24.3 Å². The number of nitrogens with one attached hydrogen (secondary N) is 1. The van der Waals surface area contributed by atoms with Crippen LogP contribution in [0.5, 0.6) is 23.0 Å². The number of amides is 1. The van der Waals surface area contributed by atoms with Gasteiger partial charge in [0.05, 0.1) is 33.6 Å². The molecule has 184 valence electrons. The van der Waals surface area contributed by atoms with Crippen LogP contribution in [0.2, 0.25) is 0 Å². The van der Waals surface area contributed by atoms with Gasteiger partial charge in [0.25, 0.3) is 0 Å². The van der Waals surface area contributed by atoms with E-state index in [2.05, 4.69) is 19.2 Å². The average Bonchev–Trinajstić information content (AvgIpc) is 3.30. The summed E-state index contributed by atoms with van der Waals surface area (Å²) in [4.78, 5) is 13.1. The number of nitrogens with zero attached hydrogens (tertiary/aromatic N) is 2. The normalized spacial score (nSPS) is 15.9. The lowest BCUT2D eigenvalue weighted by Gasteiger charge is -2.22. The van der Waals surface area contributed by atoms with E-state index in [4.69, 9.17) is 24.0 Å². The number of rotatable bonds is 10. The number of hydrazone groups is 1. The molecule has 0 saturated carbocycles. The van der Waals surface area contributed by atoms with Crippen LogP contribution >= 0.6 is 0 Å². The highest BCUT2D eigenvalue weighted by Gasteiger charge is 2.30. The fourth-order valence-corrected chi connectivity index (χ4v) is 3.80. The van der Waals surface area contributed by atoms with Crippen molar-refractivity contribution in [1.29, 1.82) is 0 Å². The molecule has 2 aromatic rings. The van der Waals surface area contributed by atoms with Gasteiger partial charge in [-0.15, -0.1) is 0 Å². The molecule has 1 amide bonds. The fourth-order valence-electron chi connectivity index (χ4n) is 3.80. The largest absolute Gasteiger partial charge is 0.493 e. The molecule has 1 aliphatic heterocycles. The zero-order valence-corrected chi connectivity index (χ0v) is 20.9. The summed E-state index contributed by atoms with van der Waals surface area (Å²) < 4.78 is 22.0. The molecule has 2 aromatic carbocycles. The Morgan fingerprint density at radius 1 is 1.03 bits per heavy atom. The molecule has 0 bridgehead atoms. The van der Waals surface area contributed by atoms with Gasteiger partial charge in [-0.05, 0) is 56.0 Å². The van der Waals surface area contributed by atoms with E-state index >= 15 is 0 Å². The second-order valence-corrected chi connectivity index (χ2v) is 8.64. The molecule has 34 heavy (non-hydrogen) atoms. The van der Waals surface area contributed by atoms with Crippen LogP contribution in [0.15, 0.2) is 41.5 Å². The lowest BCUT2D eigenvalue weighted by molar-refractivity contribution is -0.120. The van der Waals surface area contributed by atoms with Gasteiger partial charge in [0.1, 0.15) is 6.04 Å². The molecule has 1 unspecified atom stereocenters. The molecule has 1 aliphatic rings. The van der Waals surface area contributed by atoms with Crippen LogP contribution in [0, 0.1) is 5.92 Å². The molecule has 1 fully saturated rings. The van der Waals surface area contributed by atoms with Gasteiger partial charge in [-0.2, -0.15) is 5.10 Å². The van der Waals surface area contributed by atoms with Crippen LogP contribution in [0.25, 0.3) is 0 Å². The number of carbonyl (C=O) groups is 1. The quantitative estimate of drug-likeness (QED) is 0.513. The van der Waals surface area contributed by atoms with Gasteiger partial charge in [0.15, 0.2) is 23.0 Å². The molecular formula is C26H35N3O5. The third kappa shape index (κ3) is 6.12. The summed E-state index contributed by atoms with van der Waals surface area (Å²) in [6.07, 6.45) is 1.63. The predicted molar refractivity (Wildman–Crippen MR) is 133 cm³/mol. The number of benzene rings is 2. The van der Waals surface area contributed by atoms with Crippen LogP contribution in [-0.4, -0.2) is 57.2 Å². The summed E-state index contributed by atoms with van der Waals surface area (Å²) in [5.74, 6) is 2.83. The third-order valence-electron chi connectivity index (χ3n) is 5.61. The van der Waals surface area contributed by atoms with E-state index in [9.17, 15) is 4.79 Å². The van der Waals surface area contributed by atoms with Crippen molar-refractivity contribution in [2.45, 2.75) is 39.7 Å². The Kier molecular flexibility index (Phi) is 8.62. The fraction of sp³-hybridized carbons (Fsp3) is 0.462. The van der Waals surface area contributed by atoms with Crippen LogP contribution in [-0.2, 0) is 4.79 Å². The molecule has 0 aliphatic carbocycles. The van der Waals surface area contributed by atoms with Crippen molar-refractivity contribution in [3.63, 3.8) is 0 Å². The number of ether oxygens (including phenoxy) is 4. The van der Waals surface area contributed by atoms with E-state index in [1.54, 1.807) is 33.5 Å². The molecule has 8 nitrogen and oxygen atoms in total. The van der Waals surface area contributed by atoms with E-state index in [0.29, 0.717) is 47.8 Å². The number of hydrogen-bond acceptors (Lipinski definition) is 7. The summed E-state index contributed by atoms with van der Waals surface area (Å²) in [6.45, 7) is 7.37. The lowest BCUT2D eigenvalue weighted by atomic mass is 10.1. The lowest BCUT2D eigenvalue weighted by Crippen LogP contribution is -2.37. The van der Waals surface area contributed by atoms with Gasteiger partial charge >= 0.3 is 0 Å². The molecule has 8 heteroatoms. The molecule has 0 spiro atoms. The zero-order valence-electron chi connectivity index (χ0n) is 20.9. The van der Waals surface area contributed by atoms with Gasteiger partial charge in [-0.3, -0.25) is 9.80 Å². The minimum absolute atomic E-state index is 0.0960. The van der Waals surface area contributed by atoms with Gasteiger partial charge in [0, 0.05) is 23.9 Å². The number of carbonyl (C=O) groups excluding carboxylic acids is 1. The van der Waals surface area contributed by atoms with Gasteiger partial charge in [-0.25, -0.2) is 0 Å². The molecular weight excluding hydrogens is 434 g/mol. The van der Waals surface area contributed by atoms with E-state index in [1.807, 2.05) is 36.2 Å². The van der Waals surface area contributed by atoms with E-state index in [0.717, 1.165) is 24.1 Å². The highest BCUT2D eigenvalue weighted by Crippen LogP contribution is 2.31. The smallest absolute Gasteiger partial charge is 0.248 e. The number of methoxy groups -OCH3 is 3. The highest BCUT2D eigenvalue weighted by molar-refractivity contribution is 5.99. The second-order valence-electron chi connectivity index (χ2n) is 8.64. The molecule has 1 atom stereocenters. The van der Waals surface area contributed by atoms with E-state index in [1.165, 1.54) is 0 Å². The van der Waals surface area contributed by atoms with Gasteiger partial charge < -0.3 is 24.3 Å². The monoisotopic (exact) mass is 469 g/mol. The summed E-state index contributed by atoms with van der Waals surface area (Å²) in [7, 11) is 4.81. The zero-order chi connectivity index (χ0) is 24.7. The number of anilines is 1. The Labute approximate surface area is 201 Å². The second kappa shape index (κ2) is 11.6. The molecule has 1 heterocycles. The Morgan fingerprint density at radius 3 is 2.38 bits per heavy atom. The minimum atomic E-state index is -0.350. The van der Waals surface area contributed by atoms with E-state index < -0.39 is 0 Å². The summed E-state index contributed by atoms with van der Waals surface area (Å²) in [5.41, 5.74) is 2.37. The first-order valence-corrected chi connectivity index (χ1v) is 11.5. The van der Waals surface area contributed by atoms with Crippen LogP contribution in [0.1, 0.15) is 39.2 Å². The summed E-state index contributed by atoms with van der Waals surface area (Å²) in [5, 5.41) is 9.64. The molecule has 3 rings (SSSR count). The first kappa shape index (κ1) is 25.2. The molecule has 1 saturated heterocycles. The average molecular weight is 470 g/mol. The standard InChI is InChI=1S/C26H35N3O5/c1-17(2)16-34-25-15-20(10-12-23(25)32-5)27-26(30)21-8-7-13-29(21)28-18(3)19-9-11-22(31-4)24(14-19)33-6/h9-12,14-15,17,21H,7-8,13,16H2,1-6H3,(H,27,30)/b28-18+. The van der Waals surface area contributed by atoms with Crippen molar-refractivity contribution in [3.05, 3.63) is 42.0 Å². The summed E-state index contributed by atoms with van der Waals surface area (Å²) in [6, 6.07) is 10.7. The van der Waals surface area contributed by atoms with Crippen LogP contribution in [0.3, 0.4) is 0 Å². The number of hydrogen-bond donors (Lipinski definition) is 1. The van der Waals surface area contributed by atoms with Crippen molar-refractivity contribution in [3.8, 4) is 23.0 Å². The molecule has 1 N–H and O–H groups in total. The van der Waals surface area contributed by atoms with Crippen molar-refractivity contribution >= 4 is 17.3 Å². The maximum atomic E-state index is 13.1. The topological polar surface area (TPSA) is 81.6 Å². The predicted octanol–water partition coefficient (Wildman–Crippen LogP) is 4.57. The van der Waals surface area contributed by atoms with Crippen LogP contribution in [0.4, 0.5) is 5.69 Å². The van der Waals surface area contributed by atoms with E-state index in [-0.39, 0.29) is 11.9 Å². The summed E-state index contributed by atoms with van der Waals surface area (Å²) >= 11 is 0. The maximum absolute atomic E-state index is 13.1. The Bertz CT molecular complexity index is 1020. The van der Waals surface area contributed by atoms with Crippen molar-refractivity contribution in [2.24, 2.45) is 11.0 Å². The molecule has 0 radical (unpaired) electrons. The third-order valence-corrected chi connectivity index (χ3v) is 5.61. The molecule has 0 aromatic heterocycles. The van der Waals surface area contributed by atoms with Crippen molar-refractivity contribution in [2.75, 3.05) is 39.8 Å². The maximum Gasteiger partial charge on any atom is 0.248 e. The Hall–Kier alpha value is -3.42. The van der Waals surface area contributed by atoms with Gasteiger partial charge in [0.2, 0.25) is 5.91 Å². The van der Waals surface area contributed by atoms with Crippen molar-refractivity contribution in [1.82, 2.24) is 5.01 Å². The first-order chi connectivity index (χ1) is 16.4. The SMILES string of the molecule is COc1ccc(/C(C)=N/N2CCCC2C(=O)Nc2ccc(OC)c(OCC(C)C)c2)cc1OC. The first-order valence-electron chi connectivity index (χ1n) is 11.5. The van der Waals surface area contributed by atoms with Gasteiger partial charge in [-0.1, -0.05) is 13.8 Å². The Balaban J connectivity index is 1.73.